The number of nitrogens with two attached hydrogens (primary N) is 1. The molecule has 72 valence electrons. The molecule has 4 heteroatoms. The van der Waals surface area contributed by atoms with E-state index in [-0.39, 0.29) is 6.10 Å². The van der Waals surface area contributed by atoms with Crippen LogP contribution in [0.3, 0.4) is 0 Å². The lowest BCUT2D eigenvalue weighted by Crippen LogP contribution is -2.13. The molecule has 0 bridgehead atoms. The van der Waals surface area contributed by atoms with Crippen LogP contribution in [0.5, 0.6) is 0 Å². The molecule has 1 unspecified atom stereocenters. The molecule has 0 radical (unpaired) electrons. The first-order chi connectivity index (χ1) is 6.19. The van der Waals surface area contributed by atoms with Crippen molar-refractivity contribution in [1.82, 2.24) is 0 Å². The second-order valence-electron chi connectivity index (χ2n) is 2.63. The molecule has 2 nitrogen and oxygen atoms in total. The Morgan fingerprint density at radius 2 is 2.31 bits per heavy atom. The van der Waals surface area contributed by atoms with Crippen LogP contribution in [0.2, 0.25) is 5.02 Å². The van der Waals surface area contributed by atoms with Crippen molar-refractivity contribution in [2.24, 2.45) is 5.73 Å². The Balaban J connectivity index is 2.95. The predicted molar refractivity (Wildman–Crippen MR) is 58.0 cm³/mol. The highest BCUT2D eigenvalue weighted by Gasteiger charge is 2.09. The number of hydrogen-bond acceptors (Lipinski definition) is 2. The van der Waals surface area contributed by atoms with Crippen molar-refractivity contribution in [1.29, 1.82) is 0 Å². The minimum absolute atomic E-state index is 0.0781. The highest BCUT2D eigenvalue weighted by Crippen LogP contribution is 2.26. The lowest BCUT2D eigenvalue weighted by atomic mass is 10.1. The smallest absolute Gasteiger partial charge is 0.0943 e. The molecular weight excluding hydrogens is 253 g/mol. The van der Waals surface area contributed by atoms with Crippen LogP contribution in [0, 0.1) is 0 Å². The van der Waals surface area contributed by atoms with E-state index < -0.39 is 0 Å². The Morgan fingerprint density at radius 1 is 1.62 bits per heavy atom. The molecule has 2 N–H and O–H groups in total. The molecule has 0 saturated carbocycles. The summed E-state index contributed by atoms with van der Waals surface area (Å²) in [6.07, 6.45) is -0.0781. The minimum atomic E-state index is -0.0781. The number of rotatable bonds is 3. The number of methoxy groups -OCH3 is 1. The zero-order chi connectivity index (χ0) is 9.84. The maximum atomic E-state index is 5.93. The molecule has 13 heavy (non-hydrogen) atoms. The molecule has 0 saturated heterocycles. The molecular formula is C9H11BrClNO. The predicted octanol–water partition coefficient (Wildman–Crippen LogP) is 2.75. The summed E-state index contributed by atoms with van der Waals surface area (Å²) >= 11 is 9.25. The van der Waals surface area contributed by atoms with Crippen LogP contribution in [-0.4, -0.2) is 13.7 Å². The van der Waals surface area contributed by atoms with Gasteiger partial charge in [0.25, 0.3) is 0 Å². The molecule has 0 aliphatic carbocycles. The number of hydrogen-bond donors (Lipinski definition) is 1. The average molecular weight is 265 g/mol. The Labute approximate surface area is 91.2 Å². The Morgan fingerprint density at radius 3 is 2.77 bits per heavy atom. The molecule has 0 aliphatic heterocycles. The van der Waals surface area contributed by atoms with Gasteiger partial charge in [-0.2, -0.15) is 0 Å². The zero-order valence-corrected chi connectivity index (χ0v) is 9.60. The highest BCUT2D eigenvalue weighted by molar-refractivity contribution is 9.10. The van der Waals surface area contributed by atoms with Gasteiger partial charge in [0, 0.05) is 18.1 Å². The van der Waals surface area contributed by atoms with Gasteiger partial charge in [-0.3, -0.25) is 0 Å². The van der Waals surface area contributed by atoms with E-state index in [0.717, 1.165) is 10.0 Å². The topological polar surface area (TPSA) is 35.2 Å². The van der Waals surface area contributed by atoms with Gasteiger partial charge in [0.05, 0.1) is 11.1 Å². The van der Waals surface area contributed by atoms with E-state index in [1.165, 1.54) is 0 Å². The van der Waals surface area contributed by atoms with E-state index in [9.17, 15) is 0 Å². The molecule has 1 atom stereocenters. The first-order valence-electron chi connectivity index (χ1n) is 3.87. The van der Waals surface area contributed by atoms with Crippen LogP contribution in [-0.2, 0) is 4.74 Å². The summed E-state index contributed by atoms with van der Waals surface area (Å²) in [4.78, 5) is 0. The van der Waals surface area contributed by atoms with Crippen molar-refractivity contribution in [3.05, 3.63) is 33.3 Å². The fourth-order valence-corrected chi connectivity index (χ4v) is 1.52. The third-order valence-electron chi connectivity index (χ3n) is 1.81. The molecule has 0 heterocycles. The summed E-state index contributed by atoms with van der Waals surface area (Å²) < 4.78 is 6.06. The van der Waals surface area contributed by atoms with Crippen molar-refractivity contribution in [2.45, 2.75) is 6.10 Å². The summed E-state index contributed by atoms with van der Waals surface area (Å²) in [5.74, 6) is 0. The fraction of sp³-hybridized carbons (Fsp3) is 0.333. The van der Waals surface area contributed by atoms with E-state index >= 15 is 0 Å². The molecule has 1 rings (SSSR count). The van der Waals surface area contributed by atoms with Gasteiger partial charge in [0.15, 0.2) is 0 Å². The Bertz CT molecular complexity index is 289. The fourth-order valence-electron chi connectivity index (χ4n) is 1.08. The normalized spacial score (nSPS) is 12.9. The van der Waals surface area contributed by atoms with Gasteiger partial charge in [-0.1, -0.05) is 17.7 Å². The molecule has 0 amide bonds. The van der Waals surface area contributed by atoms with Crippen LogP contribution in [0.25, 0.3) is 0 Å². The van der Waals surface area contributed by atoms with Crippen LogP contribution in [0.1, 0.15) is 11.7 Å². The zero-order valence-electron chi connectivity index (χ0n) is 7.26. The van der Waals surface area contributed by atoms with Gasteiger partial charge in [-0.25, -0.2) is 0 Å². The first kappa shape index (κ1) is 11.0. The third kappa shape index (κ3) is 2.68. The van der Waals surface area contributed by atoms with Gasteiger partial charge in [-0.15, -0.1) is 0 Å². The summed E-state index contributed by atoms with van der Waals surface area (Å²) in [6, 6.07) is 5.68. The van der Waals surface area contributed by atoms with Crippen LogP contribution in [0.15, 0.2) is 22.7 Å². The molecule has 0 spiro atoms. The van der Waals surface area contributed by atoms with Crippen LogP contribution >= 0.6 is 27.5 Å². The largest absolute Gasteiger partial charge is 0.375 e. The summed E-state index contributed by atoms with van der Waals surface area (Å²) in [7, 11) is 1.63. The lowest BCUT2D eigenvalue weighted by Gasteiger charge is -2.13. The van der Waals surface area contributed by atoms with E-state index in [1.54, 1.807) is 7.11 Å². The maximum absolute atomic E-state index is 5.93. The second kappa shape index (κ2) is 4.96. The van der Waals surface area contributed by atoms with Crippen molar-refractivity contribution in [3.8, 4) is 0 Å². The summed E-state index contributed by atoms with van der Waals surface area (Å²) in [6.45, 7) is 0.453. The number of halogens is 2. The summed E-state index contributed by atoms with van der Waals surface area (Å²) in [5.41, 5.74) is 6.52. The third-order valence-corrected chi connectivity index (χ3v) is 3.05. The van der Waals surface area contributed by atoms with Crippen LogP contribution in [0.4, 0.5) is 0 Å². The average Bonchev–Trinajstić information content (AvgIpc) is 2.13. The molecule has 0 aromatic heterocycles. The molecule has 1 aromatic carbocycles. The number of benzene rings is 1. The lowest BCUT2D eigenvalue weighted by molar-refractivity contribution is 0.110. The van der Waals surface area contributed by atoms with Crippen LogP contribution < -0.4 is 5.73 Å². The van der Waals surface area contributed by atoms with Gasteiger partial charge >= 0.3 is 0 Å². The van der Waals surface area contributed by atoms with E-state index in [4.69, 9.17) is 22.1 Å². The van der Waals surface area contributed by atoms with E-state index in [1.807, 2.05) is 18.2 Å². The van der Waals surface area contributed by atoms with E-state index in [0.29, 0.717) is 11.6 Å². The van der Waals surface area contributed by atoms with Gasteiger partial charge in [-0.05, 0) is 33.6 Å². The van der Waals surface area contributed by atoms with Crippen molar-refractivity contribution in [2.75, 3.05) is 13.7 Å². The standard InChI is InChI=1S/C9H11BrClNO/c1-13-9(5-12)6-2-3-7(10)8(11)4-6/h2-4,9H,5,12H2,1H3. The quantitative estimate of drug-likeness (QED) is 0.911. The molecule has 0 aliphatic rings. The van der Waals surface area contributed by atoms with Crippen molar-refractivity contribution in [3.63, 3.8) is 0 Å². The van der Waals surface area contributed by atoms with Crippen molar-refractivity contribution >= 4 is 27.5 Å². The monoisotopic (exact) mass is 263 g/mol. The SMILES string of the molecule is COC(CN)c1ccc(Br)c(Cl)c1. The van der Waals surface area contributed by atoms with Gasteiger partial charge in [0.1, 0.15) is 0 Å². The second-order valence-corrected chi connectivity index (χ2v) is 3.90. The molecule has 1 aromatic rings. The minimum Gasteiger partial charge on any atom is -0.375 e. The first-order valence-corrected chi connectivity index (χ1v) is 5.04. The highest BCUT2D eigenvalue weighted by atomic mass is 79.9. The summed E-state index contributed by atoms with van der Waals surface area (Å²) in [5, 5.41) is 0.674. The van der Waals surface area contributed by atoms with Crippen molar-refractivity contribution < 1.29 is 4.74 Å². The molecule has 0 fully saturated rings. The number of ether oxygens (including phenoxy) is 1. The Kier molecular flexibility index (Phi) is 4.19. The van der Waals surface area contributed by atoms with E-state index in [2.05, 4.69) is 15.9 Å². The maximum Gasteiger partial charge on any atom is 0.0943 e. The van der Waals surface area contributed by atoms with Gasteiger partial charge < -0.3 is 10.5 Å². The van der Waals surface area contributed by atoms with Gasteiger partial charge in [0.2, 0.25) is 0 Å². The Hall–Kier alpha value is -0.0900.